The van der Waals surface area contributed by atoms with Crippen molar-refractivity contribution in [2.75, 3.05) is 49.6 Å². The van der Waals surface area contributed by atoms with Gasteiger partial charge in [0.15, 0.2) is 0 Å². The molecule has 0 radical (unpaired) electrons. The summed E-state index contributed by atoms with van der Waals surface area (Å²) in [7, 11) is 2.10. The van der Waals surface area contributed by atoms with Crippen molar-refractivity contribution in [2.45, 2.75) is 18.6 Å². The van der Waals surface area contributed by atoms with Crippen LogP contribution in [0.2, 0.25) is 5.02 Å². The van der Waals surface area contributed by atoms with Crippen LogP contribution in [0, 0.1) is 0 Å². The zero-order valence-corrected chi connectivity index (χ0v) is 20.8. The lowest BCUT2D eigenvalue weighted by Gasteiger charge is -2.36. The quantitative estimate of drug-likeness (QED) is 0.424. The molecular weight excluding hydrogens is 505 g/mol. The molecule has 5 heterocycles. The number of piperazine rings is 1. The van der Waals surface area contributed by atoms with Gasteiger partial charge in [0.05, 0.1) is 6.04 Å². The molecule has 1 fully saturated rings. The number of likely N-dealkylation sites (N-methyl/N-ethyl adjacent to an activating group) is 1. The van der Waals surface area contributed by atoms with Gasteiger partial charge in [0.25, 0.3) is 0 Å². The zero-order valence-electron chi connectivity index (χ0n) is 20.0. The number of aromatic nitrogens is 5. The number of pyridine rings is 1. The highest BCUT2D eigenvalue weighted by Crippen LogP contribution is 2.41. The summed E-state index contributed by atoms with van der Waals surface area (Å²) < 4.78 is 40.2. The Morgan fingerprint density at radius 3 is 2.54 bits per heavy atom. The van der Waals surface area contributed by atoms with Crippen LogP contribution < -0.4 is 9.80 Å². The molecule has 1 atom stereocenters. The summed E-state index contributed by atoms with van der Waals surface area (Å²) >= 11 is 6.28. The van der Waals surface area contributed by atoms with E-state index in [1.165, 1.54) is 0 Å². The first-order chi connectivity index (χ1) is 17.8. The number of anilines is 2. The highest BCUT2D eigenvalue weighted by Gasteiger charge is 2.38. The number of nitrogens with one attached hydrogen (secondary N) is 1. The van der Waals surface area contributed by atoms with Crippen LogP contribution in [0.15, 0.2) is 42.9 Å². The molecule has 0 bridgehead atoms. The van der Waals surface area contributed by atoms with E-state index >= 15 is 0 Å². The van der Waals surface area contributed by atoms with Crippen LogP contribution in [0.5, 0.6) is 0 Å². The number of rotatable bonds is 3. The molecule has 12 heteroatoms. The van der Waals surface area contributed by atoms with E-state index in [0.717, 1.165) is 66.0 Å². The summed E-state index contributed by atoms with van der Waals surface area (Å²) in [6.45, 7) is 4.11. The van der Waals surface area contributed by atoms with Gasteiger partial charge in [-0.25, -0.2) is 15.0 Å². The minimum atomic E-state index is -4.67. The Balaban J connectivity index is 1.43. The summed E-state index contributed by atoms with van der Waals surface area (Å²) in [5, 5.41) is 1.62. The number of nitrogens with zero attached hydrogens (tertiary/aromatic N) is 7. The smallest absolute Gasteiger partial charge is 0.356 e. The van der Waals surface area contributed by atoms with E-state index in [9.17, 15) is 13.2 Å². The number of H-pyrrole nitrogens is 1. The predicted molar refractivity (Wildman–Crippen MR) is 135 cm³/mol. The first kappa shape index (κ1) is 23.9. The number of hydrogen-bond donors (Lipinski definition) is 1. The van der Waals surface area contributed by atoms with E-state index in [1.54, 1.807) is 11.1 Å². The Morgan fingerprint density at radius 1 is 1.00 bits per heavy atom. The van der Waals surface area contributed by atoms with Crippen molar-refractivity contribution in [3.63, 3.8) is 0 Å². The van der Waals surface area contributed by atoms with Gasteiger partial charge in [0.2, 0.25) is 11.8 Å². The molecule has 2 aliphatic rings. The largest absolute Gasteiger partial charge is 0.451 e. The number of aromatic amines is 1. The first-order valence-corrected chi connectivity index (χ1v) is 12.4. The first-order valence-electron chi connectivity index (χ1n) is 12.0. The van der Waals surface area contributed by atoms with E-state index in [1.807, 2.05) is 30.3 Å². The van der Waals surface area contributed by atoms with E-state index in [0.29, 0.717) is 18.0 Å². The van der Waals surface area contributed by atoms with Crippen molar-refractivity contribution < 1.29 is 13.2 Å². The molecule has 0 spiro atoms. The van der Waals surface area contributed by atoms with Crippen LogP contribution in [0.25, 0.3) is 10.9 Å². The number of alkyl halides is 3. The minimum absolute atomic E-state index is 0.0298. The van der Waals surface area contributed by atoms with Gasteiger partial charge in [-0.3, -0.25) is 0 Å². The highest BCUT2D eigenvalue weighted by atomic mass is 35.5. The molecule has 0 aliphatic carbocycles. The second-order valence-electron chi connectivity index (χ2n) is 9.40. The second-order valence-corrected chi connectivity index (χ2v) is 9.84. The van der Waals surface area contributed by atoms with Crippen molar-refractivity contribution in [2.24, 2.45) is 0 Å². The third kappa shape index (κ3) is 4.46. The van der Waals surface area contributed by atoms with Gasteiger partial charge >= 0.3 is 6.18 Å². The van der Waals surface area contributed by atoms with Crippen molar-refractivity contribution in [3.8, 4) is 0 Å². The van der Waals surface area contributed by atoms with Gasteiger partial charge in [-0.2, -0.15) is 18.2 Å². The van der Waals surface area contributed by atoms with Crippen molar-refractivity contribution in [1.29, 1.82) is 0 Å². The summed E-state index contributed by atoms with van der Waals surface area (Å²) in [6.07, 6.45) is -1.37. The SMILES string of the molecule is CN1CCN(c2ccc([C@H]3c4[nH]c5ccc(Cl)cc5c4CCN3c3ncnc(C(F)(F)F)n3)cn2)CC1. The normalized spacial score (nSPS) is 18.9. The Morgan fingerprint density at radius 2 is 1.81 bits per heavy atom. The molecule has 37 heavy (non-hydrogen) atoms. The van der Waals surface area contributed by atoms with Crippen molar-refractivity contribution in [3.05, 3.63) is 70.5 Å². The van der Waals surface area contributed by atoms with E-state index < -0.39 is 18.0 Å². The van der Waals surface area contributed by atoms with Crippen LogP contribution >= 0.6 is 11.6 Å². The van der Waals surface area contributed by atoms with Crippen LogP contribution in [-0.2, 0) is 12.6 Å². The van der Waals surface area contributed by atoms with Crippen molar-refractivity contribution >= 4 is 34.3 Å². The molecule has 0 amide bonds. The summed E-state index contributed by atoms with van der Waals surface area (Å²) in [6, 6.07) is 9.13. The van der Waals surface area contributed by atoms with Gasteiger partial charge in [-0.1, -0.05) is 17.7 Å². The van der Waals surface area contributed by atoms with Gasteiger partial charge in [-0.15, -0.1) is 0 Å². The molecule has 1 aromatic carbocycles. The van der Waals surface area contributed by atoms with Crippen molar-refractivity contribution in [1.82, 2.24) is 29.8 Å². The van der Waals surface area contributed by atoms with Crippen LogP contribution in [0.3, 0.4) is 0 Å². The van der Waals surface area contributed by atoms with Gasteiger partial charge in [0, 0.05) is 60.5 Å². The molecule has 1 saturated heterocycles. The summed E-state index contributed by atoms with van der Waals surface area (Å²) in [4.78, 5) is 25.8. The lowest BCUT2D eigenvalue weighted by atomic mass is 9.93. The van der Waals surface area contributed by atoms with E-state index in [-0.39, 0.29) is 5.95 Å². The Labute approximate surface area is 216 Å². The highest BCUT2D eigenvalue weighted by molar-refractivity contribution is 6.31. The monoisotopic (exact) mass is 528 g/mol. The number of halogens is 4. The zero-order chi connectivity index (χ0) is 25.7. The average Bonchev–Trinajstić information content (AvgIpc) is 3.26. The molecule has 192 valence electrons. The number of hydrogen-bond acceptors (Lipinski definition) is 7. The second kappa shape index (κ2) is 9.14. The third-order valence-corrected chi connectivity index (χ3v) is 7.31. The molecule has 1 N–H and O–H groups in total. The molecule has 0 saturated carbocycles. The third-order valence-electron chi connectivity index (χ3n) is 7.07. The topological polar surface area (TPSA) is 77.1 Å². The average molecular weight is 529 g/mol. The molecule has 3 aromatic heterocycles. The summed E-state index contributed by atoms with van der Waals surface area (Å²) in [5.41, 5.74) is 3.68. The molecule has 8 nitrogen and oxygen atoms in total. The van der Waals surface area contributed by atoms with Gasteiger partial charge in [-0.05, 0) is 48.9 Å². The molecule has 2 aliphatic heterocycles. The number of benzene rings is 1. The maximum absolute atomic E-state index is 13.4. The lowest BCUT2D eigenvalue weighted by molar-refractivity contribution is -0.145. The number of fused-ring (bicyclic) bond motifs is 3. The maximum atomic E-state index is 13.4. The maximum Gasteiger partial charge on any atom is 0.451 e. The fraction of sp³-hybridized carbons (Fsp3) is 0.360. The van der Waals surface area contributed by atoms with Gasteiger partial charge < -0.3 is 19.7 Å². The lowest BCUT2D eigenvalue weighted by Crippen LogP contribution is -2.44. The molecule has 0 unspecified atom stereocenters. The summed E-state index contributed by atoms with van der Waals surface area (Å²) in [5.74, 6) is -0.366. The Hall–Kier alpha value is -3.44. The predicted octanol–water partition coefficient (Wildman–Crippen LogP) is 4.32. The Bertz CT molecular complexity index is 1430. The molecule has 6 rings (SSSR count). The van der Waals surface area contributed by atoms with Crippen LogP contribution in [-0.4, -0.2) is 69.6 Å². The minimum Gasteiger partial charge on any atom is -0.356 e. The van der Waals surface area contributed by atoms with E-state index in [4.69, 9.17) is 16.6 Å². The van der Waals surface area contributed by atoms with Crippen LogP contribution in [0.4, 0.5) is 24.9 Å². The fourth-order valence-corrected chi connectivity index (χ4v) is 5.34. The van der Waals surface area contributed by atoms with E-state index in [2.05, 4.69) is 36.8 Å². The fourth-order valence-electron chi connectivity index (χ4n) is 5.17. The molecular formula is C25H24ClF3N8. The van der Waals surface area contributed by atoms with Gasteiger partial charge in [0.1, 0.15) is 12.1 Å². The Kier molecular flexibility index (Phi) is 5.91. The van der Waals surface area contributed by atoms with Crippen LogP contribution in [0.1, 0.15) is 28.7 Å². The molecule has 4 aromatic rings. The standard InChI is InChI=1S/C25H24ClF3N8/c1-35-8-10-36(11-9-35)20-5-2-15(13-30-20)22-21-17(18-12-16(26)3-4-19(18)33-21)6-7-37(22)24-32-14-31-23(34-24)25(27,28)29/h2-5,12-14,22,33H,6-11H2,1H3/t22-/m0/s1.